The summed E-state index contributed by atoms with van der Waals surface area (Å²) in [6.45, 7) is 4.42. The fourth-order valence-electron chi connectivity index (χ4n) is 2.14. The van der Waals surface area contributed by atoms with Crippen LogP contribution in [0.1, 0.15) is 48.9 Å². The molecule has 1 atom stereocenters. The van der Waals surface area contributed by atoms with Gasteiger partial charge in [0, 0.05) is 32.0 Å². The Labute approximate surface area is 123 Å². The molecule has 1 fully saturated rings. The molecule has 0 spiro atoms. The van der Waals surface area contributed by atoms with Gasteiger partial charge in [-0.3, -0.25) is 9.59 Å². The lowest BCUT2D eigenvalue weighted by Gasteiger charge is -2.23. The lowest BCUT2D eigenvalue weighted by molar-refractivity contribution is -0.122. The van der Waals surface area contributed by atoms with Crippen molar-refractivity contribution in [2.24, 2.45) is 0 Å². The quantitative estimate of drug-likeness (QED) is 0.757. The molecule has 1 unspecified atom stereocenters. The predicted octanol–water partition coefficient (Wildman–Crippen LogP) is 0.650. The van der Waals surface area contributed by atoms with E-state index in [0.29, 0.717) is 36.6 Å². The van der Waals surface area contributed by atoms with Gasteiger partial charge in [-0.2, -0.15) is 0 Å². The Morgan fingerprint density at radius 2 is 2.24 bits per heavy atom. The first-order valence-corrected chi connectivity index (χ1v) is 7.13. The first-order chi connectivity index (χ1) is 10.0. The van der Waals surface area contributed by atoms with Gasteiger partial charge >= 0.3 is 0 Å². The van der Waals surface area contributed by atoms with Crippen LogP contribution in [0, 0.1) is 0 Å². The summed E-state index contributed by atoms with van der Waals surface area (Å²) in [4.78, 5) is 32.1. The molecule has 3 N–H and O–H groups in total. The number of aromatic nitrogens is 2. The molecule has 7 heteroatoms. The summed E-state index contributed by atoms with van der Waals surface area (Å²) in [7, 11) is 1.73. The summed E-state index contributed by atoms with van der Waals surface area (Å²) in [6.07, 6.45) is 2.71. The van der Waals surface area contributed by atoms with E-state index in [-0.39, 0.29) is 23.8 Å². The molecular formula is C14H21N5O2. The van der Waals surface area contributed by atoms with Crippen molar-refractivity contribution in [2.75, 3.05) is 18.9 Å². The van der Waals surface area contributed by atoms with E-state index in [4.69, 9.17) is 0 Å². The third-order valence-electron chi connectivity index (χ3n) is 3.41. The van der Waals surface area contributed by atoms with E-state index < -0.39 is 0 Å². The van der Waals surface area contributed by atoms with Gasteiger partial charge in [-0.15, -0.1) is 0 Å². The Morgan fingerprint density at radius 3 is 2.81 bits per heavy atom. The van der Waals surface area contributed by atoms with Gasteiger partial charge in [0.15, 0.2) is 5.69 Å². The van der Waals surface area contributed by atoms with Crippen LogP contribution in [0.3, 0.4) is 0 Å². The molecule has 0 saturated carbocycles. The minimum Gasteiger partial charge on any atom is -0.385 e. The van der Waals surface area contributed by atoms with Crippen LogP contribution < -0.4 is 16.0 Å². The first-order valence-electron chi connectivity index (χ1n) is 7.13. The van der Waals surface area contributed by atoms with E-state index in [2.05, 4.69) is 25.9 Å². The number of nitrogens with zero attached hydrogens (tertiary/aromatic N) is 2. The Hall–Kier alpha value is -2.18. The average molecular weight is 291 g/mol. The molecule has 1 aromatic heterocycles. The highest BCUT2D eigenvalue weighted by Gasteiger charge is 2.22. The molecule has 114 valence electrons. The van der Waals surface area contributed by atoms with Gasteiger partial charge in [-0.05, 0) is 6.42 Å². The van der Waals surface area contributed by atoms with E-state index in [1.165, 1.54) is 0 Å². The highest BCUT2D eigenvalue weighted by Crippen LogP contribution is 2.16. The monoisotopic (exact) mass is 291 g/mol. The van der Waals surface area contributed by atoms with Gasteiger partial charge in [0.05, 0.1) is 11.9 Å². The average Bonchev–Trinajstić information content (AvgIpc) is 2.48. The van der Waals surface area contributed by atoms with Gasteiger partial charge in [0.25, 0.3) is 5.91 Å². The molecule has 7 nitrogen and oxygen atoms in total. The summed E-state index contributed by atoms with van der Waals surface area (Å²) in [5, 5.41) is 8.59. The van der Waals surface area contributed by atoms with Crippen LogP contribution in [0.15, 0.2) is 6.20 Å². The van der Waals surface area contributed by atoms with Crippen LogP contribution in [0.25, 0.3) is 0 Å². The molecule has 1 saturated heterocycles. The Kier molecular flexibility index (Phi) is 4.72. The minimum atomic E-state index is -0.246. The number of rotatable bonds is 4. The maximum absolute atomic E-state index is 12.4. The lowest BCUT2D eigenvalue weighted by Crippen LogP contribution is -2.48. The molecule has 2 amide bonds. The maximum Gasteiger partial charge on any atom is 0.272 e. The highest BCUT2D eigenvalue weighted by atomic mass is 16.2. The van der Waals surface area contributed by atoms with Crippen molar-refractivity contribution in [3.63, 3.8) is 0 Å². The largest absolute Gasteiger partial charge is 0.385 e. The molecule has 2 heterocycles. The number of carbonyl (C=O) groups is 2. The van der Waals surface area contributed by atoms with Crippen LogP contribution in [-0.2, 0) is 4.79 Å². The summed E-state index contributed by atoms with van der Waals surface area (Å²) >= 11 is 0. The second-order valence-corrected chi connectivity index (χ2v) is 5.41. The molecule has 0 aromatic carbocycles. The zero-order valence-electron chi connectivity index (χ0n) is 12.6. The van der Waals surface area contributed by atoms with Crippen molar-refractivity contribution < 1.29 is 9.59 Å². The molecule has 0 bridgehead atoms. The van der Waals surface area contributed by atoms with Crippen LogP contribution >= 0.6 is 0 Å². The van der Waals surface area contributed by atoms with E-state index in [9.17, 15) is 9.59 Å². The first kappa shape index (κ1) is 15.2. The number of amides is 2. The lowest BCUT2D eigenvalue weighted by atomic mass is 10.1. The van der Waals surface area contributed by atoms with Gasteiger partial charge in [0.1, 0.15) is 5.82 Å². The number of nitrogens with one attached hydrogen (secondary N) is 3. The SMILES string of the molecule is CNc1cnc(C(C)C)nc1C(=O)NC1CCC(=O)NC1. The molecule has 1 aliphatic heterocycles. The van der Waals surface area contributed by atoms with Crippen LogP contribution in [0.4, 0.5) is 5.69 Å². The Balaban J connectivity index is 2.13. The molecule has 2 rings (SSSR count). The van der Waals surface area contributed by atoms with Crippen LogP contribution in [-0.4, -0.2) is 41.4 Å². The molecule has 0 aliphatic carbocycles. The van der Waals surface area contributed by atoms with Crippen LogP contribution in [0.2, 0.25) is 0 Å². The number of hydrogen-bond donors (Lipinski definition) is 3. The van der Waals surface area contributed by atoms with Crippen molar-refractivity contribution in [3.8, 4) is 0 Å². The van der Waals surface area contributed by atoms with Crippen LogP contribution in [0.5, 0.6) is 0 Å². The van der Waals surface area contributed by atoms with Crippen molar-refractivity contribution in [2.45, 2.75) is 38.6 Å². The zero-order chi connectivity index (χ0) is 15.4. The highest BCUT2D eigenvalue weighted by molar-refractivity contribution is 5.97. The number of piperidine rings is 1. The van der Waals surface area contributed by atoms with Crippen molar-refractivity contribution in [1.82, 2.24) is 20.6 Å². The summed E-state index contributed by atoms with van der Waals surface area (Å²) in [6, 6.07) is -0.0580. The smallest absolute Gasteiger partial charge is 0.272 e. The second-order valence-electron chi connectivity index (χ2n) is 5.41. The fraction of sp³-hybridized carbons (Fsp3) is 0.571. The molecule has 1 aromatic rings. The molecule has 0 radical (unpaired) electrons. The zero-order valence-corrected chi connectivity index (χ0v) is 12.6. The summed E-state index contributed by atoms with van der Waals surface area (Å²) in [5.74, 6) is 0.567. The third kappa shape index (κ3) is 3.68. The van der Waals surface area contributed by atoms with E-state index >= 15 is 0 Å². The predicted molar refractivity (Wildman–Crippen MR) is 79.2 cm³/mol. The van der Waals surface area contributed by atoms with E-state index in [0.717, 1.165) is 0 Å². The number of anilines is 1. The fourth-order valence-corrected chi connectivity index (χ4v) is 2.14. The normalized spacial score (nSPS) is 18.3. The topological polar surface area (TPSA) is 96.0 Å². The molecular weight excluding hydrogens is 270 g/mol. The van der Waals surface area contributed by atoms with Crippen molar-refractivity contribution in [3.05, 3.63) is 17.7 Å². The summed E-state index contributed by atoms with van der Waals surface area (Å²) < 4.78 is 0. The number of carbonyl (C=O) groups excluding carboxylic acids is 2. The van der Waals surface area contributed by atoms with Crippen molar-refractivity contribution >= 4 is 17.5 Å². The van der Waals surface area contributed by atoms with E-state index in [1.54, 1.807) is 13.2 Å². The second kappa shape index (κ2) is 6.51. The van der Waals surface area contributed by atoms with Crippen molar-refractivity contribution in [1.29, 1.82) is 0 Å². The Morgan fingerprint density at radius 1 is 1.48 bits per heavy atom. The standard InChI is InChI=1S/C14H21N5O2/c1-8(2)13-17-7-10(15-3)12(19-13)14(21)18-9-4-5-11(20)16-6-9/h7-9,15H,4-6H2,1-3H3,(H,16,20)(H,18,21). The van der Waals surface area contributed by atoms with Gasteiger partial charge in [-0.25, -0.2) is 9.97 Å². The number of hydrogen-bond acceptors (Lipinski definition) is 5. The van der Waals surface area contributed by atoms with E-state index in [1.807, 2.05) is 13.8 Å². The minimum absolute atomic E-state index is 0.0283. The summed E-state index contributed by atoms with van der Waals surface area (Å²) in [5.41, 5.74) is 0.935. The van der Waals surface area contributed by atoms with Gasteiger partial charge in [-0.1, -0.05) is 13.8 Å². The molecule has 1 aliphatic rings. The van der Waals surface area contributed by atoms with Gasteiger partial charge < -0.3 is 16.0 Å². The third-order valence-corrected chi connectivity index (χ3v) is 3.41. The van der Waals surface area contributed by atoms with Gasteiger partial charge in [0.2, 0.25) is 5.91 Å². The Bertz CT molecular complexity index is 534. The maximum atomic E-state index is 12.4. The molecule has 21 heavy (non-hydrogen) atoms.